The van der Waals surface area contributed by atoms with Crippen LogP contribution in [-0.2, 0) is 6.42 Å². The second-order valence-corrected chi connectivity index (χ2v) is 8.16. The van der Waals surface area contributed by atoms with E-state index < -0.39 is 0 Å². The summed E-state index contributed by atoms with van der Waals surface area (Å²) >= 11 is 1.82. The van der Waals surface area contributed by atoms with Gasteiger partial charge in [-0.15, -0.1) is 35.3 Å². The fraction of sp³-hybridized carbons (Fsp3) is 0.364. The molecule has 0 bridgehead atoms. The van der Waals surface area contributed by atoms with Crippen LogP contribution >= 0.6 is 35.3 Å². The molecule has 3 heterocycles. The van der Waals surface area contributed by atoms with Crippen molar-refractivity contribution < 1.29 is 0 Å². The van der Waals surface area contributed by atoms with Crippen molar-refractivity contribution in [1.82, 2.24) is 20.4 Å². The molecule has 160 valence electrons. The first-order valence-electron chi connectivity index (χ1n) is 10.2. The van der Waals surface area contributed by atoms with Gasteiger partial charge in [0.2, 0.25) is 0 Å². The molecule has 1 fully saturated rings. The van der Waals surface area contributed by atoms with Crippen molar-refractivity contribution in [1.29, 1.82) is 0 Å². The van der Waals surface area contributed by atoms with Crippen LogP contribution in [-0.4, -0.2) is 48.5 Å². The Hall–Kier alpha value is -2.07. The van der Waals surface area contributed by atoms with E-state index in [0.29, 0.717) is 6.04 Å². The lowest BCUT2D eigenvalue weighted by molar-refractivity contribution is 0.463. The number of nitrogens with one attached hydrogen (secondary N) is 2. The Morgan fingerprint density at radius 2 is 1.97 bits per heavy atom. The number of hydrogen-bond donors (Lipinski definition) is 2. The summed E-state index contributed by atoms with van der Waals surface area (Å²) in [5, 5.41) is 15.0. The number of nitrogens with zero attached hydrogens (tertiary/aromatic N) is 4. The Kier molecular flexibility index (Phi) is 8.56. The number of aromatic nitrogens is 2. The van der Waals surface area contributed by atoms with E-state index in [9.17, 15) is 0 Å². The van der Waals surface area contributed by atoms with Crippen molar-refractivity contribution in [2.24, 2.45) is 4.99 Å². The first-order chi connectivity index (χ1) is 14.3. The van der Waals surface area contributed by atoms with Crippen LogP contribution in [0.2, 0.25) is 0 Å². The molecule has 1 saturated heterocycles. The Balaban J connectivity index is 0.00000256. The summed E-state index contributed by atoms with van der Waals surface area (Å²) in [5.41, 5.74) is 2.29. The molecule has 8 heteroatoms. The molecule has 0 radical (unpaired) electrons. The molecule has 0 unspecified atom stereocenters. The van der Waals surface area contributed by atoms with Crippen LogP contribution in [0.15, 0.2) is 65.2 Å². The number of piperidine rings is 1. The zero-order valence-corrected chi connectivity index (χ0v) is 20.3. The molecule has 30 heavy (non-hydrogen) atoms. The average molecular weight is 536 g/mol. The first kappa shape index (κ1) is 22.6. The summed E-state index contributed by atoms with van der Waals surface area (Å²) in [6.07, 6.45) is 7.19. The Morgan fingerprint density at radius 1 is 1.17 bits per heavy atom. The minimum Gasteiger partial charge on any atom is -0.363 e. The maximum Gasteiger partial charge on any atom is 0.191 e. The fourth-order valence-electron chi connectivity index (χ4n) is 3.62. The summed E-state index contributed by atoms with van der Waals surface area (Å²) in [6, 6.07) is 15.0. The van der Waals surface area contributed by atoms with Gasteiger partial charge in [-0.2, -0.15) is 5.10 Å². The first-order valence-corrected chi connectivity index (χ1v) is 11.0. The Labute approximate surface area is 199 Å². The van der Waals surface area contributed by atoms with Gasteiger partial charge in [-0.3, -0.25) is 4.99 Å². The van der Waals surface area contributed by atoms with Gasteiger partial charge in [-0.25, -0.2) is 4.68 Å². The zero-order valence-electron chi connectivity index (χ0n) is 17.2. The summed E-state index contributed by atoms with van der Waals surface area (Å²) < 4.78 is 1.92. The molecule has 0 saturated carbocycles. The molecule has 0 atom stereocenters. The van der Waals surface area contributed by atoms with Crippen molar-refractivity contribution in [2.45, 2.75) is 25.3 Å². The molecule has 0 spiro atoms. The number of halogens is 1. The average Bonchev–Trinajstić information content (AvgIpc) is 3.47. The fourth-order valence-corrected chi connectivity index (χ4v) is 4.40. The minimum absolute atomic E-state index is 0. The lowest BCUT2D eigenvalue weighted by Gasteiger charge is -2.33. The van der Waals surface area contributed by atoms with E-state index in [-0.39, 0.29) is 24.0 Å². The highest BCUT2D eigenvalue weighted by molar-refractivity contribution is 14.0. The molecular formula is C22H29IN6S. The van der Waals surface area contributed by atoms with Crippen LogP contribution < -0.4 is 15.5 Å². The highest BCUT2D eigenvalue weighted by atomic mass is 127. The van der Waals surface area contributed by atoms with E-state index in [1.165, 1.54) is 10.6 Å². The summed E-state index contributed by atoms with van der Waals surface area (Å²) in [4.78, 5) is 6.87. The van der Waals surface area contributed by atoms with Gasteiger partial charge < -0.3 is 15.5 Å². The SMILES string of the molecule is CN=C(NCCc1cnn(-c2ccccc2)c1)NC1CCN(c2cccs2)CC1.I. The number of aliphatic imine (C=N–C) groups is 1. The topological polar surface area (TPSA) is 57.5 Å². The predicted molar refractivity (Wildman–Crippen MR) is 137 cm³/mol. The van der Waals surface area contributed by atoms with Crippen molar-refractivity contribution in [3.05, 3.63) is 65.8 Å². The van der Waals surface area contributed by atoms with Gasteiger partial charge in [0.1, 0.15) is 0 Å². The van der Waals surface area contributed by atoms with Gasteiger partial charge in [-0.1, -0.05) is 18.2 Å². The quantitative estimate of drug-likeness (QED) is 0.285. The molecule has 4 rings (SSSR count). The number of rotatable bonds is 6. The zero-order chi connectivity index (χ0) is 19.9. The van der Waals surface area contributed by atoms with E-state index in [0.717, 1.165) is 50.5 Å². The number of thiophene rings is 1. The van der Waals surface area contributed by atoms with Gasteiger partial charge in [0.25, 0.3) is 0 Å². The van der Waals surface area contributed by atoms with E-state index in [1.54, 1.807) is 0 Å². The smallest absolute Gasteiger partial charge is 0.191 e. The van der Waals surface area contributed by atoms with Crippen LogP contribution in [0.4, 0.5) is 5.00 Å². The summed E-state index contributed by atoms with van der Waals surface area (Å²) in [5.74, 6) is 0.884. The number of guanidine groups is 1. The lowest BCUT2D eigenvalue weighted by atomic mass is 10.1. The van der Waals surface area contributed by atoms with Gasteiger partial charge >= 0.3 is 0 Å². The second kappa shape index (κ2) is 11.4. The molecule has 1 aliphatic heterocycles. The van der Waals surface area contributed by atoms with Crippen molar-refractivity contribution in [3.8, 4) is 5.69 Å². The van der Waals surface area contributed by atoms with Gasteiger partial charge in [0, 0.05) is 38.9 Å². The monoisotopic (exact) mass is 536 g/mol. The largest absolute Gasteiger partial charge is 0.363 e. The molecule has 3 aromatic rings. The van der Waals surface area contributed by atoms with E-state index in [1.807, 2.05) is 47.5 Å². The number of anilines is 1. The predicted octanol–water partition coefficient (Wildman–Crippen LogP) is 3.93. The number of hydrogen-bond acceptors (Lipinski definition) is 4. The van der Waals surface area contributed by atoms with E-state index >= 15 is 0 Å². The standard InChI is InChI=1S/C22H28N6S.HI/c1-23-22(26-19-10-13-27(14-11-19)21-8-5-15-29-21)24-12-9-18-16-25-28(17-18)20-6-3-2-4-7-20;/h2-8,15-17,19H,9-14H2,1H3,(H2,23,24,26);1H. The van der Waals surface area contributed by atoms with Gasteiger partial charge in [0.05, 0.1) is 16.9 Å². The molecular weight excluding hydrogens is 507 g/mol. The number of para-hydroxylation sites is 1. The van der Waals surface area contributed by atoms with Crippen molar-refractivity contribution in [3.63, 3.8) is 0 Å². The third kappa shape index (κ3) is 5.98. The summed E-state index contributed by atoms with van der Waals surface area (Å²) in [6.45, 7) is 3.01. The third-order valence-corrected chi connectivity index (χ3v) is 6.17. The number of benzene rings is 1. The van der Waals surface area contributed by atoms with E-state index in [2.05, 4.69) is 61.5 Å². The van der Waals surface area contributed by atoms with Crippen molar-refractivity contribution in [2.75, 3.05) is 31.6 Å². The van der Waals surface area contributed by atoms with Crippen molar-refractivity contribution >= 4 is 46.3 Å². The maximum absolute atomic E-state index is 4.47. The van der Waals surface area contributed by atoms with Gasteiger partial charge in [-0.05, 0) is 54.5 Å². The lowest BCUT2D eigenvalue weighted by Crippen LogP contribution is -2.49. The molecule has 0 aliphatic carbocycles. The van der Waals surface area contributed by atoms with Gasteiger partial charge in [0.15, 0.2) is 5.96 Å². The van der Waals surface area contributed by atoms with E-state index in [4.69, 9.17) is 0 Å². The van der Waals surface area contributed by atoms with Crippen LogP contribution in [0.3, 0.4) is 0 Å². The molecule has 1 aliphatic rings. The highest BCUT2D eigenvalue weighted by Crippen LogP contribution is 2.24. The molecule has 0 amide bonds. The van der Waals surface area contributed by atoms with Crippen LogP contribution in [0.25, 0.3) is 5.69 Å². The maximum atomic E-state index is 4.47. The Bertz CT molecular complexity index is 901. The van der Waals surface area contributed by atoms with Crippen LogP contribution in [0.1, 0.15) is 18.4 Å². The molecule has 6 nitrogen and oxygen atoms in total. The third-order valence-electron chi connectivity index (χ3n) is 5.24. The van der Waals surface area contributed by atoms with Crippen LogP contribution in [0, 0.1) is 0 Å². The molecule has 2 N–H and O–H groups in total. The normalized spacial score (nSPS) is 15.0. The Morgan fingerprint density at radius 3 is 2.67 bits per heavy atom. The highest BCUT2D eigenvalue weighted by Gasteiger charge is 2.20. The summed E-state index contributed by atoms with van der Waals surface area (Å²) in [7, 11) is 1.84. The minimum atomic E-state index is 0. The van der Waals surface area contributed by atoms with Crippen LogP contribution in [0.5, 0.6) is 0 Å². The molecule has 1 aromatic carbocycles. The second-order valence-electron chi connectivity index (χ2n) is 7.23. The molecule has 2 aromatic heterocycles.